The van der Waals surface area contributed by atoms with Crippen molar-refractivity contribution < 1.29 is 33.7 Å². The average molecular weight is 521 g/mol. The van der Waals surface area contributed by atoms with Crippen LogP contribution in [-0.2, 0) is 28.6 Å². The van der Waals surface area contributed by atoms with Crippen molar-refractivity contribution >= 4 is 17.9 Å². The summed E-state index contributed by atoms with van der Waals surface area (Å²) >= 11 is 0. The fourth-order valence-electron chi connectivity index (χ4n) is 8.91. The number of aliphatic hydroxyl groups is 1. The predicted octanol–water partition coefficient (Wildman–Crippen LogP) is 5.38. The molecule has 0 aromatic heterocycles. The molecule has 3 aliphatic carbocycles. The Morgan fingerprint density at radius 1 is 0.865 bits per heavy atom. The topological polar surface area (TPSA) is 99.1 Å². The van der Waals surface area contributed by atoms with E-state index >= 15 is 0 Å². The second-order valence-corrected chi connectivity index (χ2v) is 13.2. The standard InChI is InChI=1S/C30H48O7/c1-19(17-24(31)35-7)9-10-22-29(5)14-11-20-27(2,3)23(37-26(33)18-25(32)36-8)13-15-28(20,4)21(29)12-16-30(22,6)34/h17,20-23,34H,9-16,18H2,1-8H3/b19-17-/t20-,21+,22-,23+,28-,29+,30-/m0/s1. The van der Waals surface area contributed by atoms with Gasteiger partial charge in [0, 0.05) is 11.5 Å². The molecule has 3 aliphatic rings. The molecule has 3 rings (SSSR count). The van der Waals surface area contributed by atoms with Gasteiger partial charge in [0.1, 0.15) is 12.5 Å². The number of carbonyl (C=O) groups excluding carboxylic acids is 3. The van der Waals surface area contributed by atoms with Crippen LogP contribution in [0.5, 0.6) is 0 Å². The van der Waals surface area contributed by atoms with E-state index in [0.717, 1.165) is 56.9 Å². The molecule has 0 amide bonds. The van der Waals surface area contributed by atoms with Gasteiger partial charge in [-0.15, -0.1) is 0 Å². The third kappa shape index (κ3) is 5.62. The van der Waals surface area contributed by atoms with Gasteiger partial charge >= 0.3 is 17.9 Å². The summed E-state index contributed by atoms with van der Waals surface area (Å²) < 4.78 is 15.3. The average Bonchev–Trinajstić information content (AvgIpc) is 2.79. The zero-order valence-corrected chi connectivity index (χ0v) is 24.1. The quantitative estimate of drug-likeness (QED) is 0.208. The van der Waals surface area contributed by atoms with Crippen molar-refractivity contribution in [2.75, 3.05) is 14.2 Å². The SMILES string of the molecule is COC(=O)/C=C(/C)CC[C@H]1[C@]2(C)CC[C@H]3C(C)(C)[C@H](OC(=O)CC(=O)OC)CC[C@]3(C)[C@H]2CC[C@]1(C)O. The Labute approximate surface area is 222 Å². The summed E-state index contributed by atoms with van der Waals surface area (Å²) in [5.74, 6) is -0.494. The number of hydrogen-bond donors (Lipinski definition) is 1. The molecule has 0 aromatic carbocycles. The second kappa shape index (κ2) is 10.7. The zero-order valence-electron chi connectivity index (χ0n) is 24.1. The van der Waals surface area contributed by atoms with Crippen LogP contribution in [0.15, 0.2) is 11.6 Å². The normalized spacial score (nSPS) is 39.1. The summed E-state index contributed by atoms with van der Waals surface area (Å²) in [7, 11) is 2.66. The zero-order chi connectivity index (χ0) is 27.8. The summed E-state index contributed by atoms with van der Waals surface area (Å²) in [5, 5.41) is 11.6. The number of esters is 3. The van der Waals surface area contributed by atoms with Crippen LogP contribution in [0, 0.1) is 34.0 Å². The van der Waals surface area contributed by atoms with E-state index in [-0.39, 0.29) is 40.7 Å². The van der Waals surface area contributed by atoms with Gasteiger partial charge in [-0.3, -0.25) is 9.59 Å². The molecule has 3 fully saturated rings. The second-order valence-electron chi connectivity index (χ2n) is 13.2. The lowest BCUT2D eigenvalue weighted by Gasteiger charge is -2.68. The molecule has 37 heavy (non-hydrogen) atoms. The molecular weight excluding hydrogens is 472 g/mol. The Morgan fingerprint density at radius 3 is 2.11 bits per heavy atom. The lowest BCUT2D eigenvalue weighted by atomic mass is 9.37. The molecule has 0 aromatic rings. The van der Waals surface area contributed by atoms with Gasteiger partial charge in [-0.1, -0.05) is 33.3 Å². The number of methoxy groups -OCH3 is 2. The molecule has 0 aliphatic heterocycles. The molecule has 0 saturated heterocycles. The molecular formula is C30H48O7. The highest BCUT2D eigenvalue weighted by molar-refractivity contribution is 5.91. The third-order valence-electron chi connectivity index (χ3n) is 10.7. The Kier molecular flexibility index (Phi) is 8.58. The van der Waals surface area contributed by atoms with Gasteiger partial charge in [0.2, 0.25) is 0 Å². The predicted molar refractivity (Wildman–Crippen MR) is 140 cm³/mol. The van der Waals surface area contributed by atoms with E-state index in [4.69, 9.17) is 9.47 Å². The largest absolute Gasteiger partial charge is 0.469 e. The van der Waals surface area contributed by atoms with Crippen LogP contribution in [0.4, 0.5) is 0 Å². The van der Waals surface area contributed by atoms with Crippen LogP contribution < -0.4 is 0 Å². The monoisotopic (exact) mass is 520 g/mol. The maximum absolute atomic E-state index is 12.4. The van der Waals surface area contributed by atoms with Crippen LogP contribution >= 0.6 is 0 Å². The lowest BCUT2D eigenvalue weighted by Crippen LogP contribution is -2.64. The summed E-state index contributed by atoms with van der Waals surface area (Å²) in [6, 6.07) is 0. The first-order valence-corrected chi connectivity index (χ1v) is 13.9. The highest BCUT2D eigenvalue weighted by Crippen LogP contribution is 2.70. The van der Waals surface area contributed by atoms with E-state index < -0.39 is 17.5 Å². The summed E-state index contributed by atoms with van der Waals surface area (Å²) in [6.45, 7) is 13.2. The summed E-state index contributed by atoms with van der Waals surface area (Å²) in [5.41, 5.74) is 0.0331. The van der Waals surface area contributed by atoms with Crippen LogP contribution in [0.3, 0.4) is 0 Å². The minimum absolute atomic E-state index is 0.0248. The van der Waals surface area contributed by atoms with Gasteiger partial charge < -0.3 is 19.3 Å². The van der Waals surface area contributed by atoms with Gasteiger partial charge in [-0.25, -0.2) is 4.79 Å². The van der Waals surface area contributed by atoms with Crippen molar-refractivity contribution in [3.63, 3.8) is 0 Å². The molecule has 1 N–H and O–H groups in total. The first-order valence-electron chi connectivity index (χ1n) is 13.9. The molecule has 7 nitrogen and oxygen atoms in total. The Hall–Kier alpha value is -1.89. The summed E-state index contributed by atoms with van der Waals surface area (Å²) in [4.78, 5) is 35.7. The first kappa shape index (κ1) is 29.7. The number of hydrogen-bond acceptors (Lipinski definition) is 7. The molecule has 3 saturated carbocycles. The highest BCUT2D eigenvalue weighted by Gasteiger charge is 2.65. The number of allylic oxidation sites excluding steroid dienone is 1. The van der Waals surface area contributed by atoms with Crippen molar-refractivity contribution in [3.05, 3.63) is 11.6 Å². The minimum atomic E-state index is -0.754. The lowest BCUT2D eigenvalue weighted by molar-refractivity contribution is -0.231. The molecule has 7 heteroatoms. The van der Waals surface area contributed by atoms with Crippen LogP contribution in [-0.4, -0.2) is 48.9 Å². The fourth-order valence-corrected chi connectivity index (χ4v) is 8.91. The van der Waals surface area contributed by atoms with Crippen molar-refractivity contribution in [1.29, 1.82) is 0 Å². The van der Waals surface area contributed by atoms with Crippen LogP contribution in [0.25, 0.3) is 0 Å². The van der Waals surface area contributed by atoms with E-state index in [1.807, 2.05) is 13.8 Å². The first-order chi connectivity index (χ1) is 17.1. The van der Waals surface area contributed by atoms with Crippen molar-refractivity contribution in [2.24, 2.45) is 34.0 Å². The Balaban J connectivity index is 1.83. The van der Waals surface area contributed by atoms with Crippen molar-refractivity contribution in [1.82, 2.24) is 0 Å². The molecule has 0 heterocycles. The number of carbonyl (C=O) groups is 3. The maximum atomic E-state index is 12.4. The van der Waals surface area contributed by atoms with Gasteiger partial charge in [-0.05, 0) is 93.8 Å². The van der Waals surface area contributed by atoms with E-state index in [1.165, 1.54) is 14.2 Å². The number of rotatable bonds is 7. The number of ether oxygens (including phenoxy) is 3. The van der Waals surface area contributed by atoms with E-state index in [1.54, 1.807) is 6.08 Å². The van der Waals surface area contributed by atoms with Gasteiger partial charge in [0.25, 0.3) is 0 Å². The molecule has 0 radical (unpaired) electrons. The minimum Gasteiger partial charge on any atom is -0.469 e. The maximum Gasteiger partial charge on any atom is 0.330 e. The van der Waals surface area contributed by atoms with E-state index in [2.05, 4.69) is 32.4 Å². The molecule has 7 atom stereocenters. The number of fused-ring (bicyclic) bond motifs is 3. The van der Waals surface area contributed by atoms with Gasteiger partial charge in [0.05, 0.1) is 19.8 Å². The van der Waals surface area contributed by atoms with Crippen LogP contribution in [0.2, 0.25) is 0 Å². The molecule has 0 unspecified atom stereocenters. The van der Waals surface area contributed by atoms with E-state index in [0.29, 0.717) is 11.8 Å². The van der Waals surface area contributed by atoms with Crippen molar-refractivity contribution in [2.45, 2.75) is 111 Å². The summed E-state index contributed by atoms with van der Waals surface area (Å²) in [6.07, 6.45) is 8.02. The Bertz CT molecular complexity index is 919. The van der Waals surface area contributed by atoms with Gasteiger partial charge in [0.15, 0.2) is 0 Å². The van der Waals surface area contributed by atoms with Gasteiger partial charge in [-0.2, -0.15) is 0 Å². The van der Waals surface area contributed by atoms with Crippen LogP contribution in [0.1, 0.15) is 99.3 Å². The molecule has 0 spiro atoms. The highest BCUT2D eigenvalue weighted by atomic mass is 16.6. The third-order valence-corrected chi connectivity index (χ3v) is 10.7. The Morgan fingerprint density at radius 2 is 1.49 bits per heavy atom. The molecule has 0 bridgehead atoms. The fraction of sp³-hybridized carbons (Fsp3) is 0.833. The molecule has 210 valence electrons. The van der Waals surface area contributed by atoms with E-state index in [9.17, 15) is 19.5 Å². The smallest absolute Gasteiger partial charge is 0.330 e. The van der Waals surface area contributed by atoms with Crippen molar-refractivity contribution in [3.8, 4) is 0 Å².